The van der Waals surface area contributed by atoms with E-state index in [0.29, 0.717) is 13.0 Å². The zero-order valence-electron chi connectivity index (χ0n) is 19.5. The molecule has 178 valence electrons. The molecule has 1 amide bonds. The van der Waals surface area contributed by atoms with Crippen molar-refractivity contribution < 1.29 is 24.3 Å². The molecular weight excluding hydrogens is 396 g/mol. The predicted octanol–water partition coefficient (Wildman–Crippen LogP) is 4.65. The van der Waals surface area contributed by atoms with Gasteiger partial charge < -0.3 is 19.5 Å². The topological polar surface area (TPSA) is 96.0 Å². The summed E-state index contributed by atoms with van der Waals surface area (Å²) >= 11 is 0. The number of hydrogen-bond donors (Lipinski definition) is 2. The van der Waals surface area contributed by atoms with Crippen LogP contribution < -0.4 is 0 Å². The van der Waals surface area contributed by atoms with E-state index in [0.717, 1.165) is 31.4 Å². The van der Waals surface area contributed by atoms with Crippen LogP contribution in [0.15, 0.2) is 10.6 Å². The molecule has 2 unspecified atom stereocenters. The molecule has 2 rings (SSSR count). The molecule has 1 saturated heterocycles. The van der Waals surface area contributed by atoms with Crippen molar-refractivity contribution in [2.24, 2.45) is 0 Å². The summed E-state index contributed by atoms with van der Waals surface area (Å²) in [6.45, 7) is 3.89. The third-order valence-corrected chi connectivity index (χ3v) is 6.13. The highest BCUT2D eigenvalue weighted by Gasteiger charge is 2.46. The number of nitrogens with zero attached hydrogens (tertiary/aromatic N) is 2. The zero-order chi connectivity index (χ0) is 22.5. The normalized spacial score (nSPS) is 18.3. The molecule has 0 aliphatic carbocycles. The summed E-state index contributed by atoms with van der Waals surface area (Å²) in [6.07, 6.45) is 14.4. The van der Waals surface area contributed by atoms with Crippen LogP contribution in [0.4, 0.5) is 0 Å². The first-order chi connectivity index (χ1) is 15.0. The molecule has 0 saturated carbocycles. The first-order valence-corrected chi connectivity index (χ1v) is 12.2. The van der Waals surface area contributed by atoms with Crippen LogP contribution in [0.1, 0.15) is 109 Å². The molecule has 7 heteroatoms. The van der Waals surface area contributed by atoms with Crippen molar-refractivity contribution in [3.63, 3.8) is 0 Å². The third-order valence-electron chi connectivity index (χ3n) is 6.13. The molecule has 0 aromatic carbocycles. The molecule has 1 aliphatic heterocycles. The van der Waals surface area contributed by atoms with Crippen LogP contribution >= 0.6 is 0 Å². The molecule has 1 aromatic rings. The highest BCUT2D eigenvalue weighted by atomic mass is 16.5. The minimum absolute atomic E-state index is 0.0562. The van der Waals surface area contributed by atoms with Crippen LogP contribution in [0.25, 0.3) is 0 Å². The Bertz CT molecular complexity index is 629. The largest absolute Gasteiger partial charge is 0.396 e. The quantitative estimate of drug-likeness (QED) is 0.288. The lowest BCUT2D eigenvalue weighted by Crippen LogP contribution is -2.54. The van der Waals surface area contributed by atoms with Crippen LogP contribution in [0.5, 0.6) is 0 Å². The van der Waals surface area contributed by atoms with Gasteiger partial charge in [0, 0.05) is 32.6 Å². The van der Waals surface area contributed by atoms with Crippen molar-refractivity contribution in [2.45, 2.75) is 116 Å². The highest BCUT2D eigenvalue weighted by molar-refractivity contribution is 5.74. The van der Waals surface area contributed by atoms with E-state index in [9.17, 15) is 15.0 Å². The summed E-state index contributed by atoms with van der Waals surface area (Å²) in [5.41, 5.74) is -1.000. The van der Waals surface area contributed by atoms with E-state index in [1.54, 1.807) is 6.07 Å². The standard InChI is InChI=1S/C24H42N2O5/c1-3-4-5-6-7-8-9-10-11-12-14-21-19-22(31-25-21)24(29,16-17-27)26(20(2)28)23-15-13-18-30-23/h19,23,27,29H,3-18H2,1-2H3. The van der Waals surface area contributed by atoms with Gasteiger partial charge in [-0.2, -0.15) is 0 Å². The van der Waals surface area contributed by atoms with Gasteiger partial charge in [0.15, 0.2) is 5.76 Å². The Morgan fingerprint density at radius 1 is 1.16 bits per heavy atom. The summed E-state index contributed by atoms with van der Waals surface area (Å²) < 4.78 is 11.1. The summed E-state index contributed by atoms with van der Waals surface area (Å²) in [6, 6.07) is 1.72. The lowest BCUT2D eigenvalue weighted by atomic mass is 10.0. The molecular formula is C24H42N2O5. The molecule has 2 N–H and O–H groups in total. The maximum Gasteiger partial charge on any atom is 0.224 e. The maximum atomic E-state index is 12.3. The fraction of sp³-hybridized carbons (Fsp3) is 0.833. The average Bonchev–Trinajstić information content (AvgIpc) is 3.42. The number of unbranched alkanes of at least 4 members (excludes halogenated alkanes) is 9. The highest BCUT2D eigenvalue weighted by Crippen LogP contribution is 2.35. The maximum absolute atomic E-state index is 12.3. The van der Waals surface area contributed by atoms with Crippen molar-refractivity contribution in [3.8, 4) is 0 Å². The lowest BCUT2D eigenvalue weighted by Gasteiger charge is -2.40. The second-order valence-corrected chi connectivity index (χ2v) is 8.76. The Morgan fingerprint density at radius 2 is 1.81 bits per heavy atom. The number of hydrogen-bond acceptors (Lipinski definition) is 6. The molecule has 1 aromatic heterocycles. The number of aromatic nitrogens is 1. The molecule has 0 spiro atoms. The van der Waals surface area contributed by atoms with E-state index in [-0.39, 0.29) is 24.7 Å². The summed E-state index contributed by atoms with van der Waals surface area (Å²) in [5.74, 6) is -0.134. The SMILES string of the molecule is CCCCCCCCCCCCc1cc(C(O)(CCO)N(C(C)=O)C2CCCO2)on1. The second-order valence-electron chi connectivity index (χ2n) is 8.76. The number of rotatable bonds is 16. The first-order valence-electron chi connectivity index (χ1n) is 12.2. The fourth-order valence-corrected chi connectivity index (χ4v) is 4.40. The average molecular weight is 439 g/mol. The van der Waals surface area contributed by atoms with Gasteiger partial charge in [0.1, 0.15) is 6.23 Å². The molecule has 2 heterocycles. The van der Waals surface area contributed by atoms with E-state index in [4.69, 9.17) is 9.26 Å². The zero-order valence-corrected chi connectivity index (χ0v) is 19.5. The number of amides is 1. The van der Waals surface area contributed by atoms with Gasteiger partial charge in [-0.3, -0.25) is 9.69 Å². The molecule has 1 aliphatic rings. The number of carbonyl (C=O) groups excluding carboxylic acids is 1. The predicted molar refractivity (Wildman–Crippen MR) is 119 cm³/mol. The lowest BCUT2D eigenvalue weighted by molar-refractivity contribution is -0.207. The Kier molecular flexibility index (Phi) is 11.5. The van der Waals surface area contributed by atoms with Crippen LogP contribution in [-0.2, 0) is 21.7 Å². The van der Waals surface area contributed by atoms with Crippen molar-refractivity contribution in [1.82, 2.24) is 10.1 Å². The van der Waals surface area contributed by atoms with E-state index in [2.05, 4.69) is 12.1 Å². The fourth-order valence-electron chi connectivity index (χ4n) is 4.40. The van der Waals surface area contributed by atoms with Gasteiger partial charge in [-0.05, 0) is 25.7 Å². The van der Waals surface area contributed by atoms with Crippen LogP contribution in [0.2, 0.25) is 0 Å². The van der Waals surface area contributed by atoms with Crippen molar-refractivity contribution in [3.05, 3.63) is 17.5 Å². The molecule has 31 heavy (non-hydrogen) atoms. The van der Waals surface area contributed by atoms with E-state index < -0.39 is 12.0 Å². The van der Waals surface area contributed by atoms with Gasteiger partial charge in [0.2, 0.25) is 11.6 Å². The van der Waals surface area contributed by atoms with Crippen molar-refractivity contribution in [2.75, 3.05) is 13.2 Å². The number of aliphatic hydroxyl groups is 2. The Morgan fingerprint density at radius 3 is 2.35 bits per heavy atom. The molecule has 7 nitrogen and oxygen atoms in total. The Labute approximate surface area is 187 Å². The van der Waals surface area contributed by atoms with Gasteiger partial charge in [-0.1, -0.05) is 69.9 Å². The first kappa shape index (κ1) is 25.8. The van der Waals surface area contributed by atoms with Gasteiger partial charge in [-0.25, -0.2) is 0 Å². The van der Waals surface area contributed by atoms with Crippen LogP contribution in [0, 0.1) is 0 Å². The Balaban J connectivity index is 1.83. The minimum atomic E-state index is -1.77. The van der Waals surface area contributed by atoms with Gasteiger partial charge >= 0.3 is 0 Å². The number of ether oxygens (including phenoxy) is 1. The Hall–Kier alpha value is -1.44. The molecule has 0 bridgehead atoms. The third kappa shape index (κ3) is 7.88. The summed E-state index contributed by atoms with van der Waals surface area (Å²) in [7, 11) is 0. The van der Waals surface area contributed by atoms with E-state index in [1.807, 2.05) is 0 Å². The van der Waals surface area contributed by atoms with Crippen molar-refractivity contribution >= 4 is 5.91 Å². The second kappa shape index (κ2) is 13.9. The monoisotopic (exact) mass is 438 g/mol. The summed E-state index contributed by atoms with van der Waals surface area (Å²) in [4.78, 5) is 13.6. The minimum Gasteiger partial charge on any atom is -0.396 e. The van der Waals surface area contributed by atoms with Gasteiger partial charge in [0.05, 0.1) is 5.69 Å². The van der Waals surface area contributed by atoms with Crippen LogP contribution in [-0.4, -0.2) is 45.6 Å². The molecule has 0 radical (unpaired) electrons. The van der Waals surface area contributed by atoms with Gasteiger partial charge in [0.25, 0.3) is 0 Å². The molecule has 2 atom stereocenters. The van der Waals surface area contributed by atoms with Crippen LogP contribution in [0.3, 0.4) is 0 Å². The number of carbonyl (C=O) groups is 1. The van der Waals surface area contributed by atoms with Gasteiger partial charge in [-0.15, -0.1) is 0 Å². The summed E-state index contributed by atoms with van der Waals surface area (Å²) in [5, 5.41) is 25.0. The molecule has 1 fully saturated rings. The van der Waals surface area contributed by atoms with E-state index in [1.165, 1.54) is 63.2 Å². The van der Waals surface area contributed by atoms with Crippen molar-refractivity contribution in [1.29, 1.82) is 0 Å². The number of aryl methyl sites for hydroxylation is 1. The van der Waals surface area contributed by atoms with E-state index >= 15 is 0 Å². The smallest absolute Gasteiger partial charge is 0.224 e. The number of aliphatic hydroxyl groups excluding tert-OH is 1.